The number of carbonyl (C=O) groups excluding carboxylic acids is 2. The van der Waals surface area contributed by atoms with Crippen LogP contribution in [0.2, 0.25) is 0 Å². The van der Waals surface area contributed by atoms with Gasteiger partial charge in [-0.05, 0) is 18.6 Å². The summed E-state index contributed by atoms with van der Waals surface area (Å²) in [5.41, 5.74) is 0. The van der Waals surface area contributed by atoms with Gasteiger partial charge in [0.2, 0.25) is 0 Å². The van der Waals surface area contributed by atoms with Gasteiger partial charge in [0.05, 0.1) is 5.92 Å². The van der Waals surface area contributed by atoms with Gasteiger partial charge in [-0.15, -0.1) is 0 Å². The summed E-state index contributed by atoms with van der Waals surface area (Å²) in [7, 11) is 0. The third-order valence-corrected chi connectivity index (χ3v) is 2.44. The summed E-state index contributed by atoms with van der Waals surface area (Å²) in [4.78, 5) is 22.7. The summed E-state index contributed by atoms with van der Waals surface area (Å²) in [5.74, 6) is -0.375. The van der Waals surface area contributed by atoms with Crippen molar-refractivity contribution in [3.05, 3.63) is 24.3 Å². The van der Waals surface area contributed by atoms with Crippen molar-refractivity contribution >= 4 is 11.9 Å². The fourth-order valence-corrected chi connectivity index (χ4v) is 1.53. The maximum atomic E-state index is 11.8. The Bertz CT molecular complexity index is 426. The molecule has 0 saturated carbocycles. The van der Waals surface area contributed by atoms with Crippen LogP contribution < -0.4 is 9.47 Å². The van der Waals surface area contributed by atoms with E-state index in [9.17, 15) is 9.59 Å². The molecule has 1 aromatic carbocycles. The second kappa shape index (κ2) is 6.79. The molecule has 18 heavy (non-hydrogen) atoms. The molecule has 0 saturated heterocycles. The molecule has 0 heterocycles. The van der Waals surface area contributed by atoms with Gasteiger partial charge < -0.3 is 9.47 Å². The molecular weight excluding hydrogens is 232 g/mol. The van der Waals surface area contributed by atoms with Crippen molar-refractivity contribution in [2.24, 2.45) is 5.92 Å². The van der Waals surface area contributed by atoms with E-state index in [-0.39, 0.29) is 23.4 Å². The normalized spacial score (nSPS) is 11.7. The third-order valence-electron chi connectivity index (χ3n) is 2.44. The van der Waals surface area contributed by atoms with Crippen molar-refractivity contribution in [2.75, 3.05) is 0 Å². The Hall–Kier alpha value is -1.84. The van der Waals surface area contributed by atoms with Gasteiger partial charge >= 0.3 is 11.9 Å². The first kappa shape index (κ1) is 14.2. The maximum Gasteiger partial charge on any atom is 0.314 e. The Balaban J connectivity index is 2.77. The second-order valence-electron chi connectivity index (χ2n) is 4.15. The van der Waals surface area contributed by atoms with E-state index >= 15 is 0 Å². The summed E-state index contributed by atoms with van der Waals surface area (Å²) in [6.07, 6.45) is 1.69. The fraction of sp³-hybridized carbons (Fsp3) is 0.429. The van der Waals surface area contributed by atoms with Gasteiger partial charge in [-0.1, -0.05) is 32.4 Å². The molecule has 0 aliphatic carbocycles. The molecular formula is C14H18O4. The molecule has 0 aliphatic rings. The lowest BCUT2D eigenvalue weighted by Gasteiger charge is -2.12. The summed E-state index contributed by atoms with van der Waals surface area (Å²) < 4.78 is 10.2. The van der Waals surface area contributed by atoms with Crippen molar-refractivity contribution in [3.63, 3.8) is 0 Å². The minimum Gasteiger partial charge on any atom is -0.423 e. The van der Waals surface area contributed by atoms with Crippen LogP contribution >= 0.6 is 0 Å². The van der Waals surface area contributed by atoms with E-state index < -0.39 is 5.97 Å². The fourth-order valence-electron chi connectivity index (χ4n) is 1.53. The highest BCUT2D eigenvalue weighted by atomic mass is 16.6. The first-order valence-corrected chi connectivity index (χ1v) is 6.03. The number of rotatable bonds is 5. The standard InChI is InChI=1S/C14H18O4/c1-4-7-10(2)14(16)18-13-9-6-5-8-12(13)17-11(3)15/h5-6,8-10H,4,7H2,1-3H3. The zero-order chi connectivity index (χ0) is 13.5. The average Bonchev–Trinajstić information content (AvgIpc) is 2.31. The van der Waals surface area contributed by atoms with Crippen LogP contribution in [0.5, 0.6) is 11.5 Å². The highest BCUT2D eigenvalue weighted by Gasteiger charge is 2.17. The van der Waals surface area contributed by atoms with Gasteiger partial charge in [-0.2, -0.15) is 0 Å². The second-order valence-corrected chi connectivity index (χ2v) is 4.15. The van der Waals surface area contributed by atoms with Crippen molar-refractivity contribution in [2.45, 2.75) is 33.6 Å². The molecule has 0 fully saturated rings. The van der Waals surface area contributed by atoms with Crippen LogP contribution in [0.4, 0.5) is 0 Å². The lowest BCUT2D eigenvalue weighted by Crippen LogP contribution is -2.18. The number of benzene rings is 1. The van der Waals surface area contributed by atoms with E-state index in [1.165, 1.54) is 6.92 Å². The zero-order valence-electron chi connectivity index (χ0n) is 10.9. The van der Waals surface area contributed by atoms with Crippen molar-refractivity contribution in [3.8, 4) is 11.5 Å². The predicted octanol–water partition coefficient (Wildman–Crippen LogP) is 2.95. The maximum absolute atomic E-state index is 11.8. The first-order valence-electron chi connectivity index (χ1n) is 6.03. The Labute approximate surface area is 107 Å². The van der Waals surface area contributed by atoms with E-state index in [0.29, 0.717) is 0 Å². The number of ether oxygens (including phenoxy) is 2. The topological polar surface area (TPSA) is 52.6 Å². The molecule has 98 valence electrons. The van der Waals surface area contributed by atoms with E-state index in [1.807, 2.05) is 13.8 Å². The number of hydrogen-bond acceptors (Lipinski definition) is 4. The molecule has 0 bridgehead atoms. The van der Waals surface area contributed by atoms with Crippen LogP contribution in [-0.2, 0) is 9.59 Å². The van der Waals surface area contributed by atoms with Crippen LogP contribution in [0.25, 0.3) is 0 Å². The van der Waals surface area contributed by atoms with Gasteiger partial charge in [0.25, 0.3) is 0 Å². The molecule has 1 rings (SSSR count). The molecule has 0 aliphatic heterocycles. The van der Waals surface area contributed by atoms with Gasteiger partial charge in [-0.3, -0.25) is 9.59 Å². The van der Waals surface area contributed by atoms with Crippen LogP contribution in [0.1, 0.15) is 33.6 Å². The molecule has 1 aromatic rings. The molecule has 0 spiro atoms. The first-order chi connectivity index (χ1) is 8.54. The number of esters is 2. The molecule has 1 unspecified atom stereocenters. The molecule has 0 amide bonds. The van der Waals surface area contributed by atoms with Crippen LogP contribution in [0, 0.1) is 5.92 Å². The quantitative estimate of drug-likeness (QED) is 0.595. The largest absolute Gasteiger partial charge is 0.423 e. The predicted molar refractivity (Wildman–Crippen MR) is 67.5 cm³/mol. The van der Waals surface area contributed by atoms with Gasteiger partial charge in [0, 0.05) is 6.92 Å². The Morgan fingerprint density at radius 1 is 1.17 bits per heavy atom. The van der Waals surface area contributed by atoms with E-state index in [1.54, 1.807) is 24.3 Å². The number of hydrogen-bond donors (Lipinski definition) is 0. The Morgan fingerprint density at radius 3 is 2.22 bits per heavy atom. The Kier molecular flexibility index (Phi) is 5.36. The molecule has 4 nitrogen and oxygen atoms in total. The average molecular weight is 250 g/mol. The zero-order valence-corrected chi connectivity index (χ0v) is 10.9. The van der Waals surface area contributed by atoms with Crippen LogP contribution in [-0.4, -0.2) is 11.9 Å². The highest BCUT2D eigenvalue weighted by Crippen LogP contribution is 2.27. The van der Waals surface area contributed by atoms with Crippen molar-refractivity contribution < 1.29 is 19.1 Å². The van der Waals surface area contributed by atoms with Crippen molar-refractivity contribution in [1.82, 2.24) is 0 Å². The van der Waals surface area contributed by atoms with Gasteiger partial charge in [-0.25, -0.2) is 0 Å². The third kappa shape index (κ3) is 4.20. The molecule has 0 N–H and O–H groups in total. The summed E-state index contributed by atoms with van der Waals surface area (Å²) in [5, 5.41) is 0. The molecule has 4 heteroatoms. The summed E-state index contributed by atoms with van der Waals surface area (Å²) >= 11 is 0. The smallest absolute Gasteiger partial charge is 0.314 e. The minimum atomic E-state index is -0.444. The van der Waals surface area contributed by atoms with Crippen LogP contribution in [0.15, 0.2) is 24.3 Å². The molecule has 1 atom stereocenters. The lowest BCUT2D eigenvalue weighted by molar-refractivity contribution is -0.139. The van der Waals surface area contributed by atoms with Crippen molar-refractivity contribution in [1.29, 1.82) is 0 Å². The number of para-hydroxylation sites is 2. The lowest BCUT2D eigenvalue weighted by atomic mass is 10.1. The highest BCUT2D eigenvalue weighted by molar-refractivity contribution is 5.76. The van der Waals surface area contributed by atoms with E-state index in [2.05, 4.69) is 0 Å². The van der Waals surface area contributed by atoms with Crippen LogP contribution in [0.3, 0.4) is 0 Å². The van der Waals surface area contributed by atoms with Gasteiger partial charge in [0.1, 0.15) is 0 Å². The monoisotopic (exact) mass is 250 g/mol. The minimum absolute atomic E-state index is 0.166. The van der Waals surface area contributed by atoms with Gasteiger partial charge in [0.15, 0.2) is 11.5 Å². The van der Waals surface area contributed by atoms with E-state index in [0.717, 1.165) is 12.8 Å². The molecule has 0 radical (unpaired) electrons. The summed E-state index contributed by atoms with van der Waals surface area (Å²) in [6.45, 7) is 5.13. The number of carbonyl (C=O) groups is 2. The Morgan fingerprint density at radius 2 is 1.72 bits per heavy atom. The summed E-state index contributed by atoms with van der Waals surface area (Å²) in [6, 6.07) is 6.63. The SMILES string of the molecule is CCCC(C)C(=O)Oc1ccccc1OC(C)=O. The van der Waals surface area contributed by atoms with E-state index in [4.69, 9.17) is 9.47 Å². The molecule has 0 aromatic heterocycles.